The summed E-state index contributed by atoms with van der Waals surface area (Å²) in [7, 11) is -1.24. The predicted molar refractivity (Wildman–Crippen MR) is 129 cm³/mol. The summed E-state index contributed by atoms with van der Waals surface area (Å²) in [6.07, 6.45) is 1.61. The molecule has 2 aromatic rings. The Kier molecular flexibility index (Phi) is 6.76. The molecule has 0 atom stereocenters. The number of carbonyl (C=O) groups is 2. The fourth-order valence-corrected chi connectivity index (χ4v) is 12.4. The lowest BCUT2D eigenvalue weighted by Crippen LogP contribution is -2.56. The van der Waals surface area contributed by atoms with Gasteiger partial charge in [-0.2, -0.15) is 8.88 Å². The van der Waals surface area contributed by atoms with E-state index in [-0.39, 0.29) is 11.1 Å². The minimum absolute atomic E-state index is 0.297. The summed E-state index contributed by atoms with van der Waals surface area (Å²) < 4.78 is 17.3. The Hall–Kier alpha value is -1.62. The molecule has 0 saturated carbocycles. The van der Waals surface area contributed by atoms with E-state index in [0.29, 0.717) is 22.6 Å². The zero-order chi connectivity index (χ0) is 23.0. The van der Waals surface area contributed by atoms with Gasteiger partial charge in [-0.05, 0) is 102 Å². The summed E-state index contributed by atoms with van der Waals surface area (Å²) in [5.74, 6) is 1.30. The van der Waals surface area contributed by atoms with Gasteiger partial charge in [-0.3, -0.25) is 9.59 Å². The highest BCUT2D eigenvalue weighted by atomic mass is 32.5. The topological polar surface area (TPSA) is 59.1 Å². The van der Waals surface area contributed by atoms with Gasteiger partial charge in [0.2, 0.25) is 0 Å². The number of hydrogen-bond donors (Lipinski definition) is 0. The molecule has 6 nitrogen and oxygen atoms in total. The first-order chi connectivity index (χ1) is 14.4. The fraction of sp³-hybridized carbons (Fsp3) is 0.364. The number of carbonyl (C=O) groups excluding carboxylic acids is 2. The molecular weight excluding hydrogens is 450 g/mol. The van der Waals surface area contributed by atoms with Crippen LogP contribution >= 0.6 is 15.0 Å². The van der Waals surface area contributed by atoms with Crippen LogP contribution in [0, 0.1) is 0 Å². The molecular formula is C22H28N2O4P2S. The van der Waals surface area contributed by atoms with E-state index in [1.807, 2.05) is 0 Å². The van der Waals surface area contributed by atoms with Crippen molar-refractivity contribution in [1.82, 2.24) is 8.88 Å². The van der Waals surface area contributed by atoms with Crippen molar-refractivity contribution in [1.29, 1.82) is 0 Å². The molecule has 1 aliphatic heterocycles. The van der Waals surface area contributed by atoms with Crippen LogP contribution in [0.2, 0.25) is 0 Å². The van der Waals surface area contributed by atoms with Crippen molar-refractivity contribution in [2.24, 2.45) is 0 Å². The summed E-state index contributed by atoms with van der Waals surface area (Å²) >= 11 is 6.21. The predicted octanol–water partition coefficient (Wildman–Crippen LogP) is 6.44. The SMILES string of the molecule is CC(C)(C)N1P(Oc2ccc(C=O)cc2)N(C(C)(C)C)P1(=S)Oc1ccc(C=O)cc1. The highest BCUT2D eigenvalue weighted by Crippen LogP contribution is 2.85. The van der Waals surface area contributed by atoms with Gasteiger partial charge in [-0.15, -0.1) is 0 Å². The molecule has 1 aliphatic rings. The van der Waals surface area contributed by atoms with Crippen molar-refractivity contribution in [3.63, 3.8) is 0 Å². The second-order valence-electron chi connectivity index (χ2n) is 9.22. The van der Waals surface area contributed by atoms with Gasteiger partial charge in [0.05, 0.1) is 0 Å². The van der Waals surface area contributed by atoms with Crippen LogP contribution in [0.25, 0.3) is 0 Å². The van der Waals surface area contributed by atoms with Gasteiger partial charge < -0.3 is 9.05 Å². The van der Waals surface area contributed by atoms with Crippen LogP contribution in [0.1, 0.15) is 62.3 Å². The van der Waals surface area contributed by atoms with Gasteiger partial charge in [0, 0.05) is 22.2 Å². The Labute approximate surface area is 190 Å². The summed E-state index contributed by atoms with van der Waals surface area (Å²) in [6, 6.07) is 14.1. The van der Waals surface area contributed by atoms with E-state index in [4.69, 9.17) is 20.9 Å². The van der Waals surface area contributed by atoms with Crippen LogP contribution in [0.3, 0.4) is 0 Å². The van der Waals surface area contributed by atoms with Crippen LogP contribution in [0.15, 0.2) is 48.5 Å². The second-order valence-corrected chi connectivity index (χ2v) is 14.7. The third kappa shape index (κ3) is 4.92. The van der Waals surface area contributed by atoms with Crippen LogP contribution in [-0.2, 0) is 11.8 Å². The second kappa shape index (κ2) is 8.73. The van der Waals surface area contributed by atoms with Crippen molar-refractivity contribution in [2.45, 2.75) is 52.6 Å². The number of rotatable bonds is 6. The van der Waals surface area contributed by atoms with Gasteiger partial charge in [-0.25, -0.2) is 0 Å². The van der Waals surface area contributed by atoms with E-state index in [9.17, 15) is 9.59 Å². The molecule has 1 heterocycles. The Morgan fingerprint density at radius 1 is 0.774 bits per heavy atom. The number of benzene rings is 2. The molecule has 0 spiro atoms. The lowest BCUT2D eigenvalue weighted by atomic mass is 10.1. The van der Waals surface area contributed by atoms with Crippen molar-refractivity contribution < 1.29 is 18.6 Å². The lowest BCUT2D eigenvalue weighted by Gasteiger charge is -2.63. The van der Waals surface area contributed by atoms with Crippen molar-refractivity contribution >= 4 is 39.4 Å². The minimum atomic E-state index is -2.65. The average molecular weight is 478 g/mol. The van der Waals surface area contributed by atoms with E-state index in [0.717, 1.165) is 12.6 Å². The maximum Gasteiger partial charge on any atom is 0.268 e. The number of nitrogens with zero attached hydrogens (tertiary/aromatic N) is 2. The molecule has 0 bridgehead atoms. The third-order valence-corrected chi connectivity index (χ3v) is 13.6. The zero-order valence-electron chi connectivity index (χ0n) is 18.6. The largest absolute Gasteiger partial charge is 0.444 e. The Balaban J connectivity index is 1.98. The van der Waals surface area contributed by atoms with E-state index in [1.54, 1.807) is 48.5 Å². The summed E-state index contributed by atoms with van der Waals surface area (Å²) in [5, 5.41) is 0. The maximum atomic E-state index is 11.0. The van der Waals surface area contributed by atoms with Crippen molar-refractivity contribution in [3.8, 4) is 11.5 Å². The molecule has 3 rings (SSSR count). The first-order valence-electron chi connectivity index (χ1n) is 9.89. The molecule has 0 N–H and O–H groups in total. The van der Waals surface area contributed by atoms with Gasteiger partial charge in [0.25, 0.3) is 15.0 Å². The molecule has 0 unspecified atom stereocenters. The van der Waals surface area contributed by atoms with Crippen molar-refractivity contribution in [2.75, 3.05) is 0 Å². The Bertz CT molecular complexity index is 972. The third-order valence-electron chi connectivity index (χ3n) is 4.45. The highest BCUT2D eigenvalue weighted by molar-refractivity contribution is 8.16. The number of hydrogen-bond acceptors (Lipinski definition) is 5. The number of aldehydes is 2. The normalized spacial score (nSPS) is 22.5. The van der Waals surface area contributed by atoms with Crippen LogP contribution in [0.4, 0.5) is 0 Å². The smallest absolute Gasteiger partial charge is 0.268 e. The molecule has 1 saturated heterocycles. The molecule has 0 amide bonds. The van der Waals surface area contributed by atoms with E-state index in [2.05, 4.69) is 50.4 Å². The Morgan fingerprint density at radius 2 is 1.16 bits per heavy atom. The Morgan fingerprint density at radius 3 is 1.52 bits per heavy atom. The molecule has 1 fully saturated rings. The molecule has 0 aromatic heterocycles. The fourth-order valence-electron chi connectivity index (χ4n) is 3.19. The zero-order valence-corrected chi connectivity index (χ0v) is 21.2. The van der Waals surface area contributed by atoms with Gasteiger partial charge in [0.1, 0.15) is 24.1 Å². The van der Waals surface area contributed by atoms with Crippen LogP contribution < -0.4 is 9.05 Å². The molecule has 0 radical (unpaired) electrons. The quantitative estimate of drug-likeness (QED) is 0.350. The molecule has 2 aromatic carbocycles. The standard InChI is InChI=1S/C22H28N2O4P2S/c1-21(2,3)23-29(27-19-11-7-17(15-25)8-12-19)24(22(4,5)6)30(23,31)28-20-13-9-18(16-26)10-14-20/h7-16H,1-6H3. The van der Waals surface area contributed by atoms with Crippen LogP contribution in [0.5, 0.6) is 11.5 Å². The van der Waals surface area contributed by atoms with Gasteiger partial charge >= 0.3 is 0 Å². The molecule has 166 valence electrons. The van der Waals surface area contributed by atoms with E-state index >= 15 is 0 Å². The summed E-state index contributed by atoms with van der Waals surface area (Å²) in [6.45, 7) is 9.94. The first kappa shape index (κ1) is 24.0. The first-order valence-corrected chi connectivity index (χ1v) is 13.7. The van der Waals surface area contributed by atoms with Crippen molar-refractivity contribution in [3.05, 3.63) is 59.7 Å². The molecule has 9 heteroatoms. The summed E-state index contributed by atoms with van der Waals surface area (Å²) in [5.41, 5.74) is 0.590. The monoisotopic (exact) mass is 478 g/mol. The average Bonchev–Trinajstić information content (AvgIpc) is 2.66. The minimum Gasteiger partial charge on any atom is -0.444 e. The van der Waals surface area contributed by atoms with E-state index < -0.39 is 15.0 Å². The van der Waals surface area contributed by atoms with Gasteiger partial charge in [-0.1, -0.05) is 0 Å². The van der Waals surface area contributed by atoms with Gasteiger partial charge in [0.15, 0.2) is 0 Å². The molecule has 31 heavy (non-hydrogen) atoms. The van der Waals surface area contributed by atoms with E-state index in [1.165, 1.54) is 0 Å². The lowest BCUT2D eigenvalue weighted by molar-refractivity contribution is 0.111. The van der Waals surface area contributed by atoms with Crippen LogP contribution in [-0.4, -0.2) is 32.5 Å². The highest BCUT2D eigenvalue weighted by Gasteiger charge is 2.65. The maximum absolute atomic E-state index is 11.0. The molecule has 0 aliphatic carbocycles. The summed E-state index contributed by atoms with van der Waals surface area (Å²) in [4.78, 5) is 22.0.